The quantitative estimate of drug-likeness (QED) is 0.715. The van der Waals surface area contributed by atoms with Gasteiger partial charge in [0.15, 0.2) is 5.58 Å². The first-order valence-electron chi connectivity index (χ1n) is 6.26. The summed E-state index contributed by atoms with van der Waals surface area (Å²) in [6.45, 7) is 1.96. The zero-order valence-corrected chi connectivity index (χ0v) is 12.4. The summed E-state index contributed by atoms with van der Waals surface area (Å²) in [7, 11) is 0. The monoisotopic (exact) mass is 305 g/mol. The van der Waals surface area contributed by atoms with Crippen LogP contribution < -0.4 is 5.73 Å². The average molecular weight is 306 g/mol. The molecule has 2 N–H and O–H groups in total. The Hall–Kier alpha value is -1.48. The van der Waals surface area contributed by atoms with E-state index in [0.717, 1.165) is 16.5 Å². The van der Waals surface area contributed by atoms with Crippen molar-refractivity contribution in [2.75, 3.05) is 0 Å². The van der Waals surface area contributed by atoms with E-state index in [9.17, 15) is 0 Å². The highest BCUT2D eigenvalue weighted by Crippen LogP contribution is 2.31. The van der Waals surface area contributed by atoms with Gasteiger partial charge in [-0.2, -0.15) is 0 Å². The van der Waals surface area contributed by atoms with Crippen LogP contribution in [0.25, 0.3) is 11.0 Å². The number of hydrogen-bond donors (Lipinski definition) is 1. The van der Waals surface area contributed by atoms with Crippen molar-refractivity contribution in [1.29, 1.82) is 0 Å². The van der Waals surface area contributed by atoms with Crippen LogP contribution >= 0.6 is 23.2 Å². The Morgan fingerprint density at radius 2 is 1.85 bits per heavy atom. The molecule has 0 fully saturated rings. The molecule has 102 valence electrons. The van der Waals surface area contributed by atoms with E-state index < -0.39 is 0 Å². The van der Waals surface area contributed by atoms with Gasteiger partial charge in [0.2, 0.25) is 0 Å². The summed E-state index contributed by atoms with van der Waals surface area (Å²) < 4.78 is 5.79. The molecule has 0 radical (unpaired) electrons. The van der Waals surface area contributed by atoms with Crippen molar-refractivity contribution < 1.29 is 4.42 Å². The molecule has 0 bridgehead atoms. The Morgan fingerprint density at radius 3 is 2.55 bits per heavy atom. The van der Waals surface area contributed by atoms with Crippen molar-refractivity contribution in [3.05, 3.63) is 69.4 Å². The van der Waals surface area contributed by atoms with E-state index in [4.69, 9.17) is 33.4 Å². The van der Waals surface area contributed by atoms with Gasteiger partial charge in [0.05, 0.1) is 11.1 Å². The van der Waals surface area contributed by atoms with Gasteiger partial charge in [-0.05, 0) is 36.2 Å². The molecule has 1 heterocycles. The summed E-state index contributed by atoms with van der Waals surface area (Å²) in [6, 6.07) is 13.0. The molecule has 1 unspecified atom stereocenters. The summed E-state index contributed by atoms with van der Waals surface area (Å²) in [4.78, 5) is 0. The molecule has 0 aliphatic carbocycles. The maximum atomic E-state index is 6.25. The van der Waals surface area contributed by atoms with E-state index in [1.165, 1.54) is 0 Å². The van der Waals surface area contributed by atoms with Gasteiger partial charge in [0, 0.05) is 10.4 Å². The fourth-order valence-electron chi connectivity index (χ4n) is 2.17. The molecule has 20 heavy (non-hydrogen) atoms. The zero-order valence-electron chi connectivity index (χ0n) is 10.9. The maximum absolute atomic E-state index is 6.25. The molecule has 0 saturated heterocycles. The first-order valence-corrected chi connectivity index (χ1v) is 7.01. The average Bonchev–Trinajstić information content (AvgIpc) is 2.86. The van der Waals surface area contributed by atoms with Crippen LogP contribution in [0.15, 0.2) is 46.9 Å². The molecule has 4 heteroatoms. The number of benzene rings is 2. The molecule has 0 aliphatic heterocycles. The molecule has 2 aromatic carbocycles. The van der Waals surface area contributed by atoms with E-state index in [-0.39, 0.29) is 6.04 Å². The van der Waals surface area contributed by atoms with Crippen molar-refractivity contribution in [3.8, 4) is 0 Å². The summed E-state index contributed by atoms with van der Waals surface area (Å²) >= 11 is 12.3. The maximum Gasteiger partial charge on any atom is 0.152 e. The largest absolute Gasteiger partial charge is 0.457 e. The van der Waals surface area contributed by atoms with Crippen LogP contribution in [0.5, 0.6) is 0 Å². The van der Waals surface area contributed by atoms with Gasteiger partial charge in [-0.1, -0.05) is 47.5 Å². The third kappa shape index (κ3) is 2.31. The van der Waals surface area contributed by atoms with Crippen LogP contribution in [0.2, 0.25) is 10.0 Å². The van der Waals surface area contributed by atoms with Gasteiger partial charge in [-0.3, -0.25) is 0 Å². The summed E-state index contributed by atoms with van der Waals surface area (Å²) in [5.41, 5.74) is 8.85. The Balaban J connectivity index is 2.05. The SMILES string of the molecule is Cc1ccc(C(N)c2cc3cccc(Cl)c3o2)cc1Cl. The van der Waals surface area contributed by atoms with E-state index in [0.29, 0.717) is 21.4 Å². The molecule has 0 aliphatic rings. The van der Waals surface area contributed by atoms with Crippen molar-refractivity contribution in [2.45, 2.75) is 13.0 Å². The summed E-state index contributed by atoms with van der Waals surface area (Å²) in [5, 5.41) is 2.23. The number of aryl methyl sites for hydroxylation is 1. The number of fused-ring (bicyclic) bond motifs is 1. The highest BCUT2D eigenvalue weighted by Gasteiger charge is 2.16. The predicted molar refractivity (Wildman–Crippen MR) is 83.4 cm³/mol. The molecular formula is C16H13Cl2NO. The lowest BCUT2D eigenvalue weighted by atomic mass is 10.0. The van der Waals surface area contributed by atoms with E-state index >= 15 is 0 Å². The Morgan fingerprint density at radius 1 is 1.05 bits per heavy atom. The van der Waals surface area contributed by atoms with E-state index in [2.05, 4.69) is 0 Å². The van der Waals surface area contributed by atoms with Crippen LogP contribution in [-0.4, -0.2) is 0 Å². The minimum Gasteiger partial charge on any atom is -0.457 e. The molecule has 0 saturated carbocycles. The lowest BCUT2D eigenvalue weighted by Gasteiger charge is -2.10. The van der Waals surface area contributed by atoms with Crippen LogP contribution in [-0.2, 0) is 0 Å². The second-order valence-electron chi connectivity index (χ2n) is 4.79. The van der Waals surface area contributed by atoms with Gasteiger partial charge >= 0.3 is 0 Å². The van der Waals surface area contributed by atoms with Crippen molar-refractivity contribution in [3.63, 3.8) is 0 Å². The molecule has 3 rings (SSSR count). The number of halogens is 2. The first-order chi connectivity index (χ1) is 9.56. The Bertz CT molecular complexity index is 779. The third-order valence-corrected chi connectivity index (χ3v) is 4.08. The van der Waals surface area contributed by atoms with Gasteiger partial charge in [0.1, 0.15) is 5.76 Å². The highest BCUT2D eigenvalue weighted by molar-refractivity contribution is 6.34. The minimum atomic E-state index is -0.364. The number of hydrogen-bond acceptors (Lipinski definition) is 2. The molecule has 1 atom stereocenters. The van der Waals surface area contributed by atoms with Crippen LogP contribution in [0, 0.1) is 6.92 Å². The van der Waals surface area contributed by atoms with Gasteiger partial charge < -0.3 is 10.2 Å². The van der Waals surface area contributed by atoms with Crippen LogP contribution in [0.4, 0.5) is 0 Å². The first kappa shape index (κ1) is 13.5. The highest BCUT2D eigenvalue weighted by atomic mass is 35.5. The van der Waals surface area contributed by atoms with Crippen LogP contribution in [0.1, 0.15) is 22.9 Å². The smallest absolute Gasteiger partial charge is 0.152 e. The second-order valence-corrected chi connectivity index (χ2v) is 5.61. The molecule has 0 amide bonds. The second kappa shape index (κ2) is 5.13. The van der Waals surface area contributed by atoms with Gasteiger partial charge in [-0.25, -0.2) is 0 Å². The Kier molecular flexibility index (Phi) is 3.47. The standard InChI is InChI=1S/C16H13Cl2NO/c1-9-5-6-10(7-13(9)18)15(19)14-8-11-3-2-4-12(17)16(11)20-14/h2-8,15H,19H2,1H3. The van der Waals surface area contributed by atoms with Crippen molar-refractivity contribution in [2.24, 2.45) is 5.73 Å². The van der Waals surface area contributed by atoms with Gasteiger partial charge in [0.25, 0.3) is 0 Å². The minimum absolute atomic E-state index is 0.364. The number of furan rings is 1. The summed E-state index contributed by atoms with van der Waals surface area (Å²) in [5.74, 6) is 0.674. The molecular weight excluding hydrogens is 293 g/mol. The predicted octanol–water partition coefficient (Wildman–Crippen LogP) is 5.10. The zero-order chi connectivity index (χ0) is 14.3. The lowest BCUT2D eigenvalue weighted by Crippen LogP contribution is -2.10. The Labute approximate surface area is 127 Å². The van der Waals surface area contributed by atoms with E-state index in [1.54, 1.807) is 6.07 Å². The van der Waals surface area contributed by atoms with Gasteiger partial charge in [-0.15, -0.1) is 0 Å². The fourth-order valence-corrected chi connectivity index (χ4v) is 2.58. The molecule has 1 aromatic heterocycles. The van der Waals surface area contributed by atoms with Crippen molar-refractivity contribution >= 4 is 34.2 Å². The molecule has 0 spiro atoms. The summed E-state index contributed by atoms with van der Waals surface area (Å²) in [6.07, 6.45) is 0. The normalized spacial score (nSPS) is 12.8. The topological polar surface area (TPSA) is 39.2 Å². The van der Waals surface area contributed by atoms with Crippen molar-refractivity contribution in [1.82, 2.24) is 0 Å². The molecule has 3 aromatic rings. The lowest BCUT2D eigenvalue weighted by molar-refractivity contribution is 0.525. The fraction of sp³-hybridized carbons (Fsp3) is 0.125. The number of para-hydroxylation sites is 1. The van der Waals surface area contributed by atoms with Crippen LogP contribution in [0.3, 0.4) is 0 Å². The number of rotatable bonds is 2. The third-order valence-electron chi connectivity index (χ3n) is 3.38. The molecule has 2 nitrogen and oxygen atoms in total. The van der Waals surface area contributed by atoms with E-state index in [1.807, 2.05) is 43.3 Å². The number of nitrogens with two attached hydrogens (primary N) is 1.